The maximum Gasteiger partial charge on any atom is 0.262 e. The minimum atomic E-state index is -0.383. The third-order valence-corrected chi connectivity index (χ3v) is 5.02. The van der Waals surface area contributed by atoms with E-state index in [2.05, 4.69) is 10.6 Å². The van der Waals surface area contributed by atoms with Crippen molar-refractivity contribution in [3.8, 4) is 0 Å². The molecular formula is C17H19N3O3. The molecule has 6 nitrogen and oxygen atoms in total. The van der Waals surface area contributed by atoms with E-state index in [4.69, 9.17) is 0 Å². The molecule has 23 heavy (non-hydrogen) atoms. The van der Waals surface area contributed by atoms with Gasteiger partial charge < -0.3 is 10.6 Å². The number of carbonyl (C=O) groups is 3. The summed E-state index contributed by atoms with van der Waals surface area (Å²) in [7, 11) is 0. The van der Waals surface area contributed by atoms with Crippen LogP contribution in [-0.4, -0.2) is 47.3 Å². The lowest BCUT2D eigenvalue weighted by molar-refractivity contribution is -0.122. The molecule has 0 aromatic heterocycles. The van der Waals surface area contributed by atoms with Gasteiger partial charge in [0.05, 0.1) is 11.1 Å². The predicted molar refractivity (Wildman–Crippen MR) is 82.9 cm³/mol. The van der Waals surface area contributed by atoms with Crippen molar-refractivity contribution in [3.05, 3.63) is 35.4 Å². The van der Waals surface area contributed by atoms with Gasteiger partial charge in [0.25, 0.3) is 11.8 Å². The summed E-state index contributed by atoms with van der Waals surface area (Å²) in [6.07, 6.45) is 4.17. The largest absolute Gasteiger partial charge is 0.352 e. The zero-order valence-corrected chi connectivity index (χ0v) is 12.7. The Kier molecular flexibility index (Phi) is 3.41. The number of amides is 3. The number of hydrogen-bond donors (Lipinski definition) is 2. The van der Waals surface area contributed by atoms with Crippen molar-refractivity contribution in [2.24, 2.45) is 0 Å². The Labute approximate surface area is 134 Å². The number of piperidine rings is 1. The molecule has 4 rings (SSSR count). The monoisotopic (exact) mass is 313 g/mol. The third kappa shape index (κ3) is 2.53. The second-order valence-corrected chi connectivity index (χ2v) is 6.62. The van der Waals surface area contributed by atoms with Crippen LogP contribution < -0.4 is 10.6 Å². The number of nitrogens with one attached hydrogen (secondary N) is 2. The molecule has 3 heterocycles. The van der Waals surface area contributed by atoms with E-state index < -0.39 is 0 Å². The Bertz CT molecular complexity index is 640. The third-order valence-electron chi connectivity index (χ3n) is 5.02. The van der Waals surface area contributed by atoms with Crippen LogP contribution in [0.3, 0.4) is 0 Å². The quantitative estimate of drug-likeness (QED) is 0.805. The van der Waals surface area contributed by atoms with Crippen LogP contribution in [0.25, 0.3) is 0 Å². The van der Waals surface area contributed by atoms with Crippen LogP contribution in [0.1, 0.15) is 46.4 Å². The van der Waals surface area contributed by atoms with Gasteiger partial charge in [0.1, 0.15) is 6.54 Å². The fraction of sp³-hybridized carbons (Fsp3) is 0.471. The van der Waals surface area contributed by atoms with Crippen molar-refractivity contribution in [1.29, 1.82) is 0 Å². The maximum absolute atomic E-state index is 12.3. The normalized spacial score (nSPS) is 28.9. The first-order valence-electron chi connectivity index (χ1n) is 8.12. The first-order valence-corrected chi connectivity index (χ1v) is 8.12. The predicted octanol–water partition coefficient (Wildman–Crippen LogP) is 0.682. The Morgan fingerprint density at radius 1 is 1.09 bits per heavy atom. The molecule has 3 aliphatic heterocycles. The van der Waals surface area contributed by atoms with Gasteiger partial charge in [0.15, 0.2) is 0 Å². The van der Waals surface area contributed by atoms with Crippen LogP contribution in [0.2, 0.25) is 0 Å². The van der Waals surface area contributed by atoms with E-state index in [1.807, 2.05) is 0 Å². The van der Waals surface area contributed by atoms with Gasteiger partial charge in [-0.3, -0.25) is 19.3 Å². The zero-order chi connectivity index (χ0) is 16.0. The summed E-state index contributed by atoms with van der Waals surface area (Å²) < 4.78 is 0. The van der Waals surface area contributed by atoms with Crippen molar-refractivity contribution in [2.75, 3.05) is 6.54 Å². The van der Waals surface area contributed by atoms with Crippen molar-refractivity contribution in [2.45, 2.75) is 43.8 Å². The molecule has 2 unspecified atom stereocenters. The van der Waals surface area contributed by atoms with Gasteiger partial charge in [0, 0.05) is 18.1 Å². The minimum absolute atomic E-state index is 0.136. The lowest BCUT2D eigenvalue weighted by Crippen LogP contribution is -2.50. The Balaban J connectivity index is 1.40. The van der Waals surface area contributed by atoms with Crippen LogP contribution in [0, 0.1) is 0 Å². The van der Waals surface area contributed by atoms with Crippen molar-refractivity contribution in [3.63, 3.8) is 0 Å². The standard InChI is InChI=1S/C17H19N3O3/c21-15(19-12-7-10-5-6-11(8-12)18-10)9-20-16(22)13-3-1-2-4-14(13)17(20)23/h1-4,10-12,18H,5-9H2,(H,19,21). The molecule has 6 heteroatoms. The highest BCUT2D eigenvalue weighted by Gasteiger charge is 2.38. The van der Waals surface area contributed by atoms with E-state index in [1.54, 1.807) is 24.3 Å². The van der Waals surface area contributed by atoms with Gasteiger partial charge in [-0.1, -0.05) is 12.1 Å². The van der Waals surface area contributed by atoms with Crippen LogP contribution in [0.4, 0.5) is 0 Å². The number of benzene rings is 1. The van der Waals surface area contributed by atoms with Crippen LogP contribution in [0.5, 0.6) is 0 Å². The van der Waals surface area contributed by atoms with Gasteiger partial charge in [0.2, 0.25) is 5.91 Å². The molecule has 0 spiro atoms. The Hall–Kier alpha value is -2.21. The lowest BCUT2D eigenvalue weighted by Gasteiger charge is -2.30. The Morgan fingerprint density at radius 3 is 2.22 bits per heavy atom. The SMILES string of the molecule is O=C(CN1C(=O)c2ccccc2C1=O)NC1CC2CCC(C1)N2. The summed E-state index contributed by atoms with van der Waals surface area (Å²) in [6, 6.07) is 7.79. The number of hydrogen-bond acceptors (Lipinski definition) is 4. The summed E-state index contributed by atoms with van der Waals surface area (Å²) in [5, 5.41) is 6.51. The molecule has 1 aromatic carbocycles. The van der Waals surface area contributed by atoms with Crippen molar-refractivity contribution < 1.29 is 14.4 Å². The van der Waals surface area contributed by atoms with Crippen LogP contribution in [0.15, 0.2) is 24.3 Å². The number of fused-ring (bicyclic) bond motifs is 3. The number of rotatable bonds is 3. The average molecular weight is 313 g/mol. The number of carbonyl (C=O) groups excluding carboxylic acids is 3. The minimum Gasteiger partial charge on any atom is -0.352 e. The molecule has 120 valence electrons. The molecule has 0 radical (unpaired) electrons. The first-order chi connectivity index (χ1) is 11.1. The van der Waals surface area contributed by atoms with Gasteiger partial charge in [-0.05, 0) is 37.8 Å². The molecule has 2 N–H and O–H groups in total. The van der Waals surface area contributed by atoms with E-state index >= 15 is 0 Å². The molecule has 0 aliphatic carbocycles. The van der Waals surface area contributed by atoms with E-state index in [0.717, 1.165) is 30.6 Å². The molecule has 1 aromatic rings. The molecule has 2 saturated heterocycles. The first kappa shape index (κ1) is 14.4. The van der Waals surface area contributed by atoms with Gasteiger partial charge in [-0.15, -0.1) is 0 Å². The van der Waals surface area contributed by atoms with Gasteiger partial charge in [-0.2, -0.15) is 0 Å². The summed E-state index contributed by atoms with van der Waals surface area (Å²) in [6.45, 7) is -0.203. The molecule has 2 fully saturated rings. The number of imide groups is 1. The maximum atomic E-state index is 12.3. The zero-order valence-electron chi connectivity index (χ0n) is 12.7. The lowest BCUT2D eigenvalue weighted by atomic mass is 10.00. The highest BCUT2D eigenvalue weighted by Crippen LogP contribution is 2.27. The van der Waals surface area contributed by atoms with Gasteiger partial charge >= 0.3 is 0 Å². The molecular weight excluding hydrogens is 294 g/mol. The van der Waals surface area contributed by atoms with E-state index in [-0.39, 0.29) is 30.3 Å². The Morgan fingerprint density at radius 2 is 1.65 bits per heavy atom. The smallest absolute Gasteiger partial charge is 0.262 e. The average Bonchev–Trinajstić information content (AvgIpc) is 3.00. The summed E-state index contributed by atoms with van der Waals surface area (Å²) in [4.78, 5) is 37.8. The molecule has 3 amide bonds. The summed E-state index contributed by atoms with van der Waals surface area (Å²) in [5.41, 5.74) is 0.760. The van der Waals surface area contributed by atoms with Crippen molar-refractivity contribution in [1.82, 2.24) is 15.5 Å². The fourth-order valence-corrected chi connectivity index (χ4v) is 3.97. The topological polar surface area (TPSA) is 78.5 Å². The van der Waals surface area contributed by atoms with E-state index in [9.17, 15) is 14.4 Å². The summed E-state index contributed by atoms with van der Waals surface area (Å²) in [5.74, 6) is -1.02. The van der Waals surface area contributed by atoms with E-state index in [0.29, 0.717) is 23.2 Å². The second-order valence-electron chi connectivity index (χ2n) is 6.62. The highest BCUT2D eigenvalue weighted by atomic mass is 16.2. The van der Waals surface area contributed by atoms with Gasteiger partial charge in [-0.25, -0.2) is 0 Å². The fourth-order valence-electron chi connectivity index (χ4n) is 3.97. The van der Waals surface area contributed by atoms with Crippen LogP contribution >= 0.6 is 0 Å². The van der Waals surface area contributed by atoms with Crippen LogP contribution in [-0.2, 0) is 4.79 Å². The second kappa shape index (κ2) is 5.45. The molecule has 0 saturated carbocycles. The molecule has 2 bridgehead atoms. The summed E-state index contributed by atoms with van der Waals surface area (Å²) >= 11 is 0. The molecule has 3 aliphatic rings. The molecule has 2 atom stereocenters. The highest BCUT2D eigenvalue weighted by molar-refractivity contribution is 6.22. The van der Waals surface area contributed by atoms with Crippen molar-refractivity contribution >= 4 is 17.7 Å². The number of nitrogens with zero attached hydrogens (tertiary/aromatic N) is 1. The van der Waals surface area contributed by atoms with E-state index in [1.165, 1.54) is 0 Å².